The van der Waals surface area contributed by atoms with Gasteiger partial charge in [-0.1, -0.05) is 12.1 Å². The Hall–Kier alpha value is -2.55. The molecule has 2 saturated heterocycles. The molecule has 0 aromatic heterocycles. The molecule has 0 saturated carbocycles. The lowest BCUT2D eigenvalue weighted by Crippen LogP contribution is -2.47. The van der Waals surface area contributed by atoms with E-state index in [0.29, 0.717) is 37.2 Å². The summed E-state index contributed by atoms with van der Waals surface area (Å²) in [6.07, 6.45) is 2.96. The third kappa shape index (κ3) is 3.98. The molecule has 2 heterocycles. The minimum Gasteiger partial charge on any atom is -0.480 e. The number of nitriles is 1. The number of amides is 2. The molecule has 6 nitrogen and oxygen atoms in total. The van der Waals surface area contributed by atoms with Crippen LogP contribution in [-0.4, -0.2) is 53.9 Å². The highest BCUT2D eigenvalue weighted by Gasteiger charge is 2.32. The summed E-state index contributed by atoms with van der Waals surface area (Å²) < 4.78 is 5.72. The number of likely N-dealkylation sites (tertiary alicyclic amines) is 2. The van der Waals surface area contributed by atoms with E-state index in [4.69, 9.17) is 10.00 Å². The predicted molar refractivity (Wildman–Crippen MR) is 96.4 cm³/mol. The summed E-state index contributed by atoms with van der Waals surface area (Å²) in [5, 5.41) is 9.13. The van der Waals surface area contributed by atoms with Gasteiger partial charge < -0.3 is 14.5 Å². The first-order chi connectivity index (χ1) is 12.6. The van der Waals surface area contributed by atoms with E-state index >= 15 is 0 Å². The zero-order valence-electron chi connectivity index (χ0n) is 15.2. The fourth-order valence-electron chi connectivity index (χ4n) is 3.70. The fourth-order valence-corrected chi connectivity index (χ4v) is 3.70. The first-order valence-electron chi connectivity index (χ1n) is 9.33. The highest BCUT2D eigenvalue weighted by Crippen LogP contribution is 2.24. The van der Waals surface area contributed by atoms with Gasteiger partial charge >= 0.3 is 0 Å². The summed E-state index contributed by atoms with van der Waals surface area (Å²) in [6.45, 7) is 4.62. The maximum absolute atomic E-state index is 12.7. The third-order valence-corrected chi connectivity index (χ3v) is 5.23. The molecule has 138 valence electrons. The van der Waals surface area contributed by atoms with Crippen molar-refractivity contribution in [3.63, 3.8) is 0 Å². The lowest BCUT2D eigenvalue weighted by Gasteiger charge is -2.34. The van der Waals surface area contributed by atoms with Crippen LogP contribution in [0.15, 0.2) is 24.3 Å². The Balaban J connectivity index is 1.53. The Kier molecular flexibility index (Phi) is 5.77. The van der Waals surface area contributed by atoms with Gasteiger partial charge in [0.25, 0.3) is 5.91 Å². The highest BCUT2D eigenvalue weighted by molar-refractivity contribution is 5.82. The molecule has 0 aliphatic carbocycles. The van der Waals surface area contributed by atoms with Crippen LogP contribution in [0.25, 0.3) is 0 Å². The molecular weight excluding hydrogens is 330 g/mol. The van der Waals surface area contributed by atoms with E-state index in [1.807, 2.05) is 4.90 Å². The van der Waals surface area contributed by atoms with Gasteiger partial charge in [0.15, 0.2) is 6.10 Å². The van der Waals surface area contributed by atoms with Crippen molar-refractivity contribution < 1.29 is 14.3 Å². The Morgan fingerprint density at radius 1 is 1.12 bits per heavy atom. The number of hydrogen-bond acceptors (Lipinski definition) is 4. The molecule has 3 rings (SSSR count). The van der Waals surface area contributed by atoms with E-state index in [9.17, 15) is 9.59 Å². The van der Waals surface area contributed by atoms with E-state index in [-0.39, 0.29) is 17.7 Å². The standard InChI is InChI=1S/C20H25N3O3/c1-15(26-18-7-3-2-6-17(18)14-21)19(24)23-12-8-16(9-13-23)20(25)22-10-4-5-11-22/h2-3,6-7,15-16H,4-5,8-13H2,1H3/t15-/m1/s1. The zero-order chi connectivity index (χ0) is 18.5. The zero-order valence-corrected chi connectivity index (χ0v) is 15.2. The lowest BCUT2D eigenvalue weighted by molar-refractivity contribution is -0.143. The normalized spacial score (nSPS) is 19.1. The van der Waals surface area contributed by atoms with Crippen LogP contribution in [0, 0.1) is 17.2 Å². The van der Waals surface area contributed by atoms with Gasteiger partial charge in [0, 0.05) is 32.1 Å². The molecule has 0 bridgehead atoms. The van der Waals surface area contributed by atoms with Crippen LogP contribution >= 0.6 is 0 Å². The van der Waals surface area contributed by atoms with Crippen LogP contribution in [0.1, 0.15) is 38.2 Å². The number of carbonyl (C=O) groups is 2. The van der Waals surface area contributed by atoms with E-state index < -0.39 is 6.10 Å². The second-order valence-electron chi connectivity index (χ2n) is 7.00. The minimum atomic E-state index is -0.657. The average Bonchev–Trinajstić information content (AvgIpc) is 3.22. The highest BCUT2D eigenvalue weighted by atomic mass is 16.5. The molecule has 2 amide bonds. The van der Waals surface area contributed by atoms with Gasteiger partial charge in [-0.15, -0.1) is 0 Å². The first kappa shape index (κ1) is 18.2. The molecule has 0 unspecified atom stereocenters. The van der Waals surface area contributed by atoms with Gasteiger partial charge in [0.1, 0.15) is 11.8 Å². The quantitative estimate of drug-likeness (QED) is 0.830. The second-order valence-corrected chi connectivity index (χ2v) is 7.00. The van der Waals surface area contributed by atoms with Gasteiger partial charge in [0.05, 0.1) is 5.56 Å². The van der Waals surface area contributed by atoms with Crippen molar-refractivity contribution in [1.29, 1.82) is 5.26 Å². The van der Waals surface area contributed by atoms with Crippen molar-refractivity contribution in [2.24, 2.45) is 5.92 Å². The minimum absolute atomic E-state index is 0.0349. The molecule has 0 N–H and O–H groups in total. The summed E-state index contributed by atoms with van der Waals surface area (Å²) in [4.78, 5) is 28.9. The Labute approximate surface area is 154 Å². The average molecular weight is 355 g/mol. The lowest BCUT2D eigenvalue weighted by atomic mass is 9.95. The third-order valence-electron chi connectivity index (χ3n) is 5.23. The summed E-state index contributed by atoms with van der Waals surface area (Å²) in [6, 6.07) is 8.98. The molecular formula is C20H25N3O3. The van der Waals surface area contributed by atoms with Gasteiger partial charge in [-0.2, -0.15) is 5.26 Å². The van der Waals surface area contributed by atoms with Gasteiger partial charge in [-0.05, 0) is 44.7 Å². The summed E-state index contributed by atoms with van der Waals surface area (Å²) in [5.74, 6) is 0.620. The van der Waals surface area contributed by atoms with E-state index in [2.05, 4.69) is 6.07 Å². The largest absolute Gasteiger partial charge is 0.480 e. The van der Waals surface area contributed by atoms with Crippen molar-refractivity contribution in [3.8, 4) is 11.8 Å². The summed E-state index contributed by atoms with van der Waals surface area (Å²) in [5.41, 5.74) is 0.419. The molecule has 1 aromatic rings. The number of benzene rings is 1. The Bertz CT molecular complexity index is 698. The van der Waals surface area contributed by atoms with Crippen molar-refractivity contribution >= 4 is 11.8 Å². The van der Waals surface area contributed by atoms with Crippen LogP contribution in [0.5, 0.6) is 5.75 Å². The molecule has 2 aliphatic rings. The maximum atomic E-state index is 12.7. The maximum Gasteiger partial charge on any atom is 0.263 e. The number of rotatable bonds is 4. The smallest absolute Gasteiger partial charge is 0.263 e. The number of ether oxygens (including phenoxy) is 1. The van der Waals surface area contributed by atoms with E-state index in [0.717, 1.165) is 25.9 Å². The van der Waals surface area contributed by atoms with Crippen LogP contribution in [0.3, 0.4) is 0 Å². The monoisotopic (exact) mass is 355 g/mol. The number of nitrogens with zero attached hydrogens (tertiary/aromatic N) is 3. The number of hydrogen-bond donors (Lipinski definition) is 0. The van der Waals surface area contributed by atoms with Crippen LogP contribution in [0.2, 0.25) is 0 Å². The fraction of sp³-hybridized carbons (Fsp3) is 0.550. The number of piperidine rings is 1. The molecule has 2 fully saturated rings. The Morgan fingerprint density at radius 3 is 2.42 bits per heavy atom. The molecule has 1 aromatic carbocycles. The van der Waals surface area contributed by atoms with Crippen LogP contribution in [-0.2, 0) is 9.59 Å². The predicted octanol–water partition coefficient (Wildman–Crippen LogP) is 2.19. The van der Waals surface area contributed by atoms with Crippen molar-refractivity contribution in [1.82, 2.24) is 9.80 Å². The van der Waals surface area contributed by atoms with Crippen molar-refractivity contribution in [3.05, 3.63) is 29.8 Å². The molecule has 0 radical (unpaired) electrons. The van der Waals surface area contributed by atoms with Crippen molar-refractivity contribution in [2.75, 3.05) is 26.2 Å². The summed E-state index contributed by atoms with van der Waals surface area (Å²) in [7, 11) is 0. The van der Waals surface area contributed by atoms with Crippen LogP contribution in [0.4, 0.5) is 0 Å². The van der Waals surface area contributed by atoms with Crippen molar-refractivity contribution in [2.45, 2.75) is 38.7 Å². The summed E-state index contributed by atoms with van der Waals surface area (Å²) >= 11 is 0. The van der Waals surface area contributed by atoms with E-state index in [1.165, 1.54) is 0 Å². The van der Waals surface area contributed by atoms with Gasteiger partial charge in [-0.3, -0.25) is 9.59 Å². The molecule has 6 heteroatoms. The Morgan fingerprint density at radius 2 is 1.77 bits per heavy atom. The first-order valence-corrected chi connectivity index (χ1v) is 9.33. The molecule has 2 aliphatic heterocycles. The molecule has 0 spiro atoms. The molecule has 26 heavy (non-hydrogen) atoms. The SMILES string of the molecule is C[C@@H](Oc1ccccc1C#N)C(=O)N1CCC(C(=O)N2CCCC2)CC1. The number of carbonyl (C=O) groups excluding carboxylic acids is 2. The van der Waals surface area contributed by atoms with Crippen LogP contribution < -0.4 is 4.74 Å². The second kappa shape index (κ2) is 8.22. The van der Waals surface area contributed by atoms with Gasteiger partial charge in [0.2, 0.25) is 5.91 Å². The molecule has 1 atom stereocenters. The van der Waals surface area contributed by atoms with E-state index in [1.54, 1.807) is 36.1 Å². The van der Waals surface area contributed by atoms with Gasteiger partial charge in [-0.25, -0.2) is 0 Å². The number of para-hydroxylation sites is 1. The topological polar surface area (TPSA) is 73.6 Å².